The Morgan fingerprint density at radius 2 is 2.19 bits per heavy atom. The van der Waals surface area contributed by atoms with Crippen LogP contribution in [0.25, 0.3) is 11.0 Å². The molecule has 1 fully saturated rings. The highest BCUT2D eigenvalue weighted by atomic mass is 35.5. The lowest BCUT2D eigenvalue weighted by Gasteiger charge is -2.16. The van der Waals surface area contributed by atoms with Gasteiger partial charge in [-0.25, -0.2) is 17.8 Å². The molecule has 1 aromatic heterocycles. The summed E-state index contributed by atoms with van der Waals surface area (Å²) in [5.74, 6) is 0.137. The number of fused-ring (bicyclic) bond motifs is 1. The van der Waals surface area contributed by atoms with Crippen molar-refractivity contribution >= 4 is 44.1 Å². The normalized spacial score (nSPS) is 22.8. The van der Waals surface area contributed by atoms with Crippen molar-refractivity contribution < 1.29 is 12.8 Å². The second kappa shape index (κ2) is 5.11. The Balaban J connectivity index is 2.23. The van der Waals surface area contributed by atoms with E-state index in [-0.39, 0.29) is 22.6 Å². The van der Waals surface area contributed by atoms with Gasteiger partial charge in [0.05, 0.1) is 39.0 Å². The molecule has 0 spiro atoms. The summed E-state index contributed by atoms with van der Waals surface area (Å²) in [6.07, 6.45) is 0.481. The van der Waals surface area contributed by atoms with Gasteiger partial charge in [-0.15, -0.1) is 11.6 Å². The van der Waals surface area contributed by atoms with E-state index in [0.29, 0.717) is 23.3 Å². The Morgan fingerprint density at radius 3 is 2.76 bits per heavy atom. The van der Waals surface area contributed by atoms with Crippen molar-refractivity contribution in [1.82, 2.24) is 9.55 Å². The van der Waals surface area contributed by atoms with E-state index in [2.05, 4.69) is 4.98 Å². The lowest BCUT2D eigenvalue weighted by molar-refractivity contribution is 0.544. The van der Waals surface area contributed by atoms with Crippen LogP contribution in [0.1, 0.15) is 30.6 Å². The van der Waals surface area contributed by atoms with Gasteiger partial charge in [0.2, 0.25) is 0 Å². The Bertz CT molecular complexity index is 817. The van der Waals surface area contributed by atoms with Crippen LogP contribution in [0.15, 0.2) is 12.1 Å². The summed E-state index contributed by atoms with van der Waals surface area (Å²) < 4.78 is 38.9. The molecule has 8 heteroatoms. The molecule has 1 aromatic carbocycles. The predicted octanol–water partition coefficient (Wildman–Crippen LogP) is 3.49. The molecule has 4 nitrogen and oxygen atoms in total. The molecule has 0 bridgehead atoms. The van der Waals surface area contributed by atoms with Crippen molar-refractivity contribution in [2.45, 2.75) is 24.8 Å². The SMILES string of the molecule is CC(Cl)c1nc2cc(Cl)c(F)cc2n1C1CCS(=O)(=O)C1. The summed E-state index contributed by atoms with van der Waals surface area (Å²) in [5, 5.41) is -0.428. The number of imidazole rings is 1. The highest BCUT2D eigenvalue weighted by Gasteiger charge is 2.32. The molecule has 0 amide bonds. The summed E-state index contributed by atoms with van der Waals surface area (Å²) in [4.78, 5) is 4.39. The quantitative estimate of drug-likeness (QED) is 0.779. The lowest BCUT2D eigenvalue weighted by atomic mass is 10.2. The Morgan fingerprint density at radius 1 is 1.48 bits per heavy atom. The smallest absolute Gasteiger partial charge is 0.152 e. The number of alkyl halides is 1. The van der Waals surface area contributed by atoms with Crippen LogP contribution in [-0.4, -0.2) is 29.5 Å². The fourth-order valence-corrected chi connectivity index (χ4v) is 4.76. The number of hydrogen-bond acceptors (Lipinski definition) is 3. The van der Waals surface area contributed by atoms with Crippen LogP contribution >= 0.6 is 23.2 Å². The van der Waals surface area contributed by atoms with Crippen molar-refractivity contribution in [1.29, 1.82) is 0 Å². The van der Waals surface area contributed by atoms with Crippen molar-refractivity contribution in [2.75, 3.05) is 11.5 Å². The van der Waals surface area contributed by atoms with Gasteiger partial charge in [0.25, 0.3) is 0 Å². The molecule has 2 atom stereocenters. The first-order valence-corrected chi connectivity index (χ1v) is 9.13. The maximum Gasteiger partial charge on any atom is 0.152 e. The van der Waals surface area contributed by atoms with Gasteiger partial charge in [-0.2, -0.15) is 0 Å². The zero-order valence-electron chi connectivity index (χ0n) is 11.2. The molecule has 1 aliphatic rings. The molecule has 0 N–H and O–H groups in total. The maximum absolute atomic E-state index is 13.8. The lowest BCUT2D eigenvalue weighted by Crippen LogP contribution is -2.14. The molecule has 0 aliphatic carbocycles. The van der Waals surface area contributed by atoms with Crippen LogP contribution in [0.3, 0.4) is 0 Å². The van der Waals surface area contributed by atoms with Gasteiger partial charge >= 0.3 is 0 Å². The summed E-state index contributed by atoms with van der Waals surface area (Å²) in [5.41, 5.74) is 1.05. The monoisotopic (exact) mass is 350 g/mol. The van der Waals surface area contributed by atoms with Crippen molar-refractivity contribution in [2.24, 2.45) is 0 Å². The Labute approximate surface area is 131 Å². The van der Waals surface area contributed by atoms with E-state index < -0.39 is 21.0 Å². The minimum absolute atomic E-state index is 0.0139. The number of rotatable bonds is 2. The second-order valence-electron chi connectivity index (χ2n) is 5.27. The molecule has 114 valence electrons. The average molecular weight is 351 g/mol. The Kier molecular flexibility index (Phi) is 3.66. The minimum Gasteiger partial charge on any atom is -0.322 e. The number of benzene rings is 1. The number of nitrogens with zero attached hydrogens (tertiary/aromatic N) is 2. The van der Waals surface area contributed by atoms with Gasteiger partial charge in [-0.3, -0.25) is 0 Å². The van der Waals surface area contributed by atoms with Gasteiger partial charge < -0.3 is 4.57 Å². The summed E-state index contributed by atoms with van der Waals surface area (Å²) >= 11 is 11.9. The zero-order valence-corrected chi connectivity index (χ0v) is 13.5. The van der Waals surface area contributed by atoms with Crippen molar-refractivity contribution in [3.05, 3.63) is 28.8 Å². The molecule has 0 radical (unpaired) electrons. The largest absolute Gasteiger partial charge is 0.322 e. The number of aromatic nitrogens is 2. The number of hydrogen-bond donors (Lipinski definition) is 0. The molecule has 0 saturated carbocycles. The maximum atomic E-state index is 13.8. The molecule has 2 heterocycles. The Hall–Kier alpha value is -0.850. The molecular formula is C13H13Cl2FN2O2S. The third-order valence-electron chi connectivity index (χ3n) is 3.69. The molecular weight excluding hydrogens is 338 g/mol. The van der Waals surface area contributed by atoms with Gasteiger partial charge in [0.15, 0.2) is 9.84 Å². The molecule has 3 rings (SSSR count). The molecule has 2 aromatic rings. The van der Waals surface area contributed by atoms with E-state index >= 15 is 0 Å². The highest BCUT2D eigenvalue weighted by molar-refractivity contribution is 7.91. The van der Waals surface area contributed by atoms with Gasteiger partial charge in [0.1, 0.15) is 11.6 Å². The first kappa shape index (κ1) is 15.1. The van der Waals surface area contributed by atoms with Crippen LogP contribution < -0.4 is 0 Å². The van der Waals surface area contributed by atoms with Crippen LogP contribution in [0.2, 0.25) is 5.02 Å². The molecule has 1 saturated heterocycles. The van der Waals surface area contributed by atoms with Gasteiger partial charge in [-0.1, -0.05) is 11.6 Å². The molecule has 1 aliphatic heterocycles. The summed E-state index contributed by atoms with van der Waals surface area (Å²) in [7, 11) is -3.06. The van der Waals surface area contributed by atoms with Crippen LogP contribution in [0, 0.1) is 5.82 Å². The third-order valence-corrected chi connectivity index (χ3v) is 5.92. The molecule has 21 heavy (non-hydrogen) atoms. The second-order valence-corrected chi connectivity index (χ2v) is 8.56. The topological polar surface area (TPSA) is 52.0 Å². The average Bonchev–Trinajstić information content (AvgIpc) is 2.90. The van der Waals surface area contributed by atoms with Gasteiger partial charge in [0, 0.05) is 6.07 Å². The van der Waals surface area contributed by atoms with Crippen LogP contribution in [-0.2, 0) is 9.84 Å². The third kappa shape index (κ3) is 2.64. The number of halogens is 3. The standard InChI is InChI=1S/C13H13Cl2FN2O2S/c1-7(14)13-17-11-4-9(15)10(16)5-12(11)18(13)8-2-3-21(19,20)6-8/h4-5,7-8H,2-3,6H2,1H3. The predicted molar refractivity (Wildman–Crippen MR) is 81.3 cm³/mol. The van der Waals surface area contributed by atoms with Crippen molar-refractivity contribution in [3.8, 4) is 0 Å². The minimum atomic E-state index is -3.06. The van der Waals surface area contributed by atoms with E-state index in [4.69, 9.17) is 23.2 Å². The fourth-order valence-electron chi connectivity index (χ4n) is 2.75. The zero-order chi connectivity index (χ0) is 15.4. The summed E-state index contributed by atoms with van der Waals surface area (Å²) in [6.45, 7) is 1.75. The van der Waals surface area contributed by atoms with E-state index in [1.165, 1.54) is 12.1 Å². The van der Waals surface area contributed by atoms with E-state index in [9.17, 15) is 12.8 Å². The first-order chi connectivity index (χ1) is 9.78. The van der Waals surface area contributed by atoms with Crippen LogP contribution in [0.4, 0.5) is 4.39 Å². The van der Waals surface area contributed by atoms with E-state index in [0.717, 1.165) is 0 Å². The van der Waals surface area contributed by atoms with Crippen LogP contribution in [0.5, 0.6) is 0 Å². The fraction of sp³-hybridized carbons (Fsp3) is 0.462. The first-order valence-electron chi connectivity index (χ1n) is 6.50. The van der Waals surface area contributed by atoms with E-state index in [1.807, 2.05) is 0 Å². The highest BCUT2D eigenvalue weighted by Crippen LogP contribution is 2.34. The van der Waals surface area contributed by atoms with E-state index in [1.54, 1.807) is 11.5 Å². The van der Waals surface area contributed by atoms with Gasteiger partial charge in [-0.05, 0) is 19.4 Å². The van der Waals surface area contributed by atoms with Crippen molar-refractivity contribution in [3.63, 3.8) is 0 Å². The molecule has 2 unspecified atom stereocenters. The summed E-state index contributed by atoms with van der Waals surface area (Å²) in [6, 6.07) is 2.46. The number of sulfone groups is 1.